The largest absolute Gasteiger partial charge is 0.489 e. The SMILES string of the molecule is Cc1nc2c(OCC3CCCCC3)cccn2c1C(=O)NS(=O)(=O)CCCO. The fourth-order valence-electron chi connectivity index (χ4n) is 3.60. The topological polar surface area (TPSA) is 110 Å². The van der Waals surface area contributed by atoms with Crippen LogP contribution in [-0.2, 0) is 10.0 Å². The van der Waals surface area contributed by atoms with E-state index in [2.05, 4.69) is 9.71 Å². The van der Waals surface area contributed by atoms with Crippen LogP contribution in [0.5, 0.6) is 5.75 Å². The number of rotatable bonds is 8. The van der Waals surface area contributed by atoms with E-state index in [0.29, 0.717) is 29.6 Å². The molecule has 1 amide bonds. The highest BCUT2D eigenvalue weighted by Crippen LogP contribution is 2.27. The quantitative estimate of drug-likeness (QED) is 0.690. The first-order valence-corrected chi connectivity index (χ1v) is 11.3. The van der Waals surface area contributed by atoms with Crippen LogP contribution in [0.4, 0.5) is 0 Å². The molecule has 0 aromatic carbocycles. The van der Waals surface area contributed by atoms with Gasteiger partial charge in [-0.25, -0.2) is 18.1 Å². The lowest BCUT2D eigenvalue weighted by molar-refractivity contribution is 0.0975. The first-order valence-electron chi connectivity index (χ1n) is 9.67. The Kier molecular flexibility index (Phi) is 6.56. The van der Waals surface area contributed by atoms with Crippen LogP contribution >= 0.6 is 0 Å². The van der Waals surface area contributed by atoms with E-state index in [1.54, 1.807) is 23.6 Å². The molecule has 28 heavy (non-hydrogen) atoms. The number of amides is 1. The van der Waals surface area contributed by atoms with Gasteiger partial charge in [0.2, 0.25) is 10.0 Å². The normalized spacial score (nSPS) is 15.6. The molecule has 0 radical (unpaired) electrons. The third kappa shape index (κ3) is 4.82. The van der Waals surface area contributed by atoms with E-state index in [0.717, 1.165) is 12.8 Å². The highest BCUT2D eigenvalue weighted by molar-refractivity contribution is 7.90. The van der Waals surface area contributed by atoms with Crippen LogP contribution < -0.4 is 9.46 Å². The predicted octanol–water partition coefficient (Wildman–Crippen LogP) is 2.04. The summed E-state index contributed by atoms with van der Waals surface area (Å²) in [5, 5.41) is 8.80. The minimum Gasteiger partial charge on any atom is -0.489 e. The zero-order valence-corrected chi connectivity index (χ0v) is 16.9. The van der Waals surface area contributed by atoms with Crippen molar-refractivity contribution >= 4 is 21.6 Å². The van der Waals surface area contributed by atoms with Crippen LogP contribution in [0.15, 0.2) is 18.3 Å². The van der Waals surface area contributed by atoms with Gasteiger partial charge in [-0.15, -0.1) is 0 Å². The molecule has 2 aromatic rings. The fraction of sp³-hybridized carbons (Fsp3) is 0.579. The summed E-state index contributed by atoms with van der Waals surface area (Å²) in [4.78, 5) is 17.0. The summed E-state index contributed by atoms with van der Waals surface area (Å²) in [6.07, 6.45) is 7.80. The van der Waals surface area contributed by atoms with Crippen molar-refractivity contribution in [2.75, 3.05) is 19.0 Å². The predicted molar refractivity (Wildman–Crippen MR) is 105 cm³/mol. The molecule has 9 heteroatoms. The molecule has 1 saturated carbocycles. The summed E-state index contributed by atoms with van der Waals surface area (Å²) in [7, 11) is -3.82. The average molecular weight is 410 g/mol. The second kappa shape index (κ2) is 8.91. The second-order valence-electron chi connectivity index (χ2n) is 7.25. The van der Waals surface area contributed by atoms with Gasteiger partial charge in [-0.3, -0.25) is 9.20 Å². The summed E-state index contributed by atoms with van der Waals surface area (Å²) >= 11 is 0. The van der Waals surface area contributed by atoms with Crippen molar-refractivity contribution in [3.63, 3.8) is 0 Å². The van der Waals surface area contributed by atoms with Gasteiger partial charge in [-0.2, -0.15) is 0 Å². The monoisotopic (exact) mass is 409 g/mol. The van der Waals surface area contributed by atoms with Crippen LogP contribution in [0.2, 0.25) is 0 Å². The molecule has 8 nitrogen and oxygen atoms in total. The van der Waals surface area contributed by atoms with Gasteiger partial charge in [0.25, 0.3) is 5.91 Å². The van der Waals surface area contributed by atoms with Gasteiger partial charge in [0.05, 0.1) is 18.1 Å². The number of hydrogen-bond acceptors (Lipinski definition) is 6. The first-order chi connectivity index (χ1) is 13.4. The second-order valence-corrected chi connectivity index (χ2v) is 9.10. The molecule has 0 unspecified atom stereocenters. The molecule has 0 atom stereocenters. The minimum absolute atomic E-state index is 0.0634. The van der Waals surface area contributed by atoms with E-state index in [4.69, 9.17) is 9.84 Å². The maximum absolute atomic E-state index is 12.6. The highest BCUT2D eigenvalue weighted by Gasteiger charge is 2.23. The Morgan fingerprint density at radius 1 is 1.36 bits per heavy atom. The molecule has 0 spiro atoms. The van der Waals surface area contributed by atoms with Gasteiger partial charge in [0, 0.05) is 12.8 Å². The van der Waals surface area contributed by atoms with Gasteiger partial charge in [-0.05, 0) is 44.2 Å². The number of carbonyl (C=O) groups is 1. The van der Waals surface area contributed by atoms with Crippen molar-refractivity contribution in [1.29, 1.82) is 0 Å². The number of aliphatic hydroxyl groups excluding tert-OH is 1. The smallest absolute Gasteiger partial charge is 0.283 e. The summed E-state index contributed by atoms with van der Waals surface area (Å²) in [5.74, 6) is 0.0519. The van der Waals surface area contributed by atoms with E-state index < -0.39 is 15.9 Å². The number of aliphatic hydroxyl groups is 1. The van der Waals surface area contributed by atoms with Gasteiger partial charge in [0.15, 0.2) is 11.4 Å². The molecule has 0 bridgehead atoms. The molecule has 1 fully saturated rings. The Labute approximate surface area is 165 Å². The number of pyridine rings is 1. The zero-order valence-electron chi connectivity index (χ0n) is 16.1. The Hall–Kier alpha value is -2.13. The summed E-state index contributed by atoms with van der Waals surface area (Å²) in [5.41, 5.74) is 1.07. The fourth-order valence-corrected chi connectivity index (χ4v) is 4.59. The van der Waals surface area contributed by atoms with Gasteiger partial charge in [0.1, 0.15) is 5.69 Å². The minimum atomic E-state index is -3.82. The van der Waals surface area contributed by atoms with Gasteiger partial charge in [-0.1, -0.05) is 19.3 Å². The third-order valence-electron chi connectivity index (χ3n) is 5.02. The zero-order chi connectivity index (χ0) is 20.1. The standard InChI is InChI=1S/C19H27N3O5S/c1-14-17(19(24)21-28(25,26)12-6-11-23)22-10-5-9-16(18(22)20-14)27-13-15-7-3-2-4-8-15/h5,9-10,15,23H,2-4,6-8,11-13H2,1H3,(H,21,24). The van der Waals surface area contributed by atoms with E-state index in [1.165, 1.54) is 19.3 Å². The molecule has 2 aromatic heterocycles. The number of imidazole rings is 1. The number of aryl methyl sites for hydroxylation is 1. The Bertz CT molecular complexity index is 932. The van der Waals surface area contributed by atoms with E-state index >= 15 is 0 Å². The molecule has 1 aliphatic carbocycles. The lowest BCUT2D eigenvalue weighted by Gasteiger charge is -2.21. The molecule has 0 saturated heterocycles. The van der Waals surface area contributed by atoms with Crippen molar-refractivity contribution in [2.24, 2.45) is 5.92 Å². The Balaban J connectivity index is 1.80. The number of nitrogens with one attached hydrogen (secondary N) is 1. The number of hydrogen-bond donors (Lipinski definition) is 2. The summed E-state index contributed by atoms with van der Waals surface area (Å²) in [6, 6.07) is 3.56. The van der Waals surface area contributed by atoms with Gasteiger partial charge >= 0.3 is 0 Å². The lowest BCUT2D eigenvalue weighted by atomic mass is 9.90. The number of ether oxygens (including phenoxy) is 1. The van der Waals surface area contributed by atoms with Crippen molar-refractivity contribution in [3.8, 4) is 5.75 Å². The van der Waals surface area contributed by atoms with Crippen molar-refractivity contribution in [1.82, 2.24) is 14.1 Å². The number of fused-ring (bicyclic) bond motifs is 1. The third-order valence-corrected chi connectivity index (χ3v) is 6.34. The van der Waals surface area contributed by atoms with Crippen LogP contribution in [0.1, 0.15) is 54.7 Å². The van der Waals surface area contributed by atoms with Crippen molar-refractivity contribution < 1.29 is 23.1 Å². The molecule has 3 rings (SSSR count). The Morgan fingerprint density at radius 3 is 2.82 bits per heavy atom. The number of nitrogens with zero attached hydrogens (tertiary/aromatic N) is 2. The number of carbonyl (C=O) groups excluding carboxylic acids is 1. The van der Waals surface area contributed by atoms with E-state index in [-0.39, 0.29) is 24.5 Å². The van der Waals surface area contributed by atoms with Crippen LogP contribution in [0, 0.1) is 12.8 Å². The molecular formula is C19H27N3O5S. The maximum atomic E-state index is 12.6. The molecular weight excluding hydrogens is 382 g/mol. The Morgan fingerprint density at radius 2 is 2.11 bits per heavy atom. The average Bonchev–Trinajstić information content (AvgIpc) is 3.01. The van der Waals surface area contributed by atoms with Crippen molar-refractivity contribution in [2.45, 2.75) is 45.4 Å². The van der Waals surface area contributed by atoms with E-state index in [1.807, 2.05) is 6.07 Å². The van der Waals surface area contributed by atoms with Crippen LogP contribution in [0.3, 0.4) is 0 Å². The molecule has 0 aliphatic heterocycles. The summed E-state index contributed by atoms with van der Waals surface area (Å²) < 4.78 is 33.6. The lowest BCUT2D eigenvalue weighted by Crippen LogP contribution is -2.34. The summed E-state index contributed by atoms with van der Waals surface area (Å²) in [6.45, 7) is 2.02. The highest BCUT2D eigenvalue weighted by atomic mass is 32.2. The van der Waals surface area contributed by atoms with Gasteiger partial charge < -0.3 is 9.84 Å². The van der Waals surface area contributed by atoms with E-state index in [9.17, 15) is 13.2 Å². The van der Waals surface area contributed by atoms with Crippen LogP contribution in [0.25, 0.3) is 5.65 Å². The maximum Gasteiger partial charge on any atom is 0.283 e. The van der Waals surface area contributed by atoms with Crippen LogP contribution in [-0.4, -0.2) is 47.8 Å². The molecule has 154 valence electrons. The molecule has 2 heterocycles. The number of aromatic nitrogens is 2. The first kappa shape index (κ1) is 20.6. The van der Waals surface area contributed by atoms with Crippen molar-refractivity contribution in [3.05, 3.63) is 29.7 Å². The number of sulfonamides is 1. The molecule has 1 aliphatic rings. The molecule has 2 N–H and O–H groups in total.